The highest BCUT2D eigenvalue weighted by Gasteiger charge is 2.37. The molecule has 2 aromatic rings. The summed E-state index contributed by atoms with van der Waals surface area (Å²) in [5.74, 6) is -1.41. The number of carbonyl (C=O) groups is 1. The van der Waals surface area contributed by atoms with Crippen LogP contribution < -0.4 is 5.32 Å². The van der Waals surface area contributed by atoms with Crippen molar-refractivity contribution in [1.29, 1.82) is 0 Å². The molecule has 13 heteroatoms. The minimum Gasteiger partial charge on any atom is -0.321 e. The Bertz CT molecular complexity index is 1000. The Hall–Kier alpha value is -2.31. The lowest BCUT2D eigenvalue weighted by Crippen LogP contribution is -2.17. The lowest BCUT2D eigenvalue weighted by Gasteiger charge is -2.14. The third-order valence-corrected chi connectivity index (χ3v) is 4.51. The van der Waals surface area contributed by atoms with E-state index in [0.29, 0.717) is 6.07 Å². The summed E-state index contributed by atoms with van der Waals surface area (Å²) < 4.78 is 108. The molecule has 0 aliphatic rings. The van der Waals surface area contributed by atoms with E-state index in [9.17, 15) is 39.6 Å². The van der Waals surface area contributed by atoms with E-state index in [4.69, 9.17) is 16.2 Å². The summed E-state index contributed by atoms with van der Waals surface area (Å²) in [5.41, 5.74) is -4.85. The second kappa shape index (κ2) is 7.26. The molecular weight excluding hydrogens is 440 g/mol. The zero-order valence-electron chi connectivity index (χ0n) is 13.2. The molecule has 1 amide bonds. The van der Waals surface area contributed by atoms with Crippen LogP contribution in [0, 0.1) is 0 Å². The SMILES string of the molecule is O=C(Nc1cc(S(=O)(=O)O)ccc1Cl)c1cc(C(F)(F)F)cc(C(F)(F)F)c1. The van der Waals surface area contributed by atoms with Crippen LogP contribution >= 0.6 is 11.6 Å². The first-order valence-electron chi connectivity index (χ1n) is 6.97. The number of hydrogen-bond donors (Lipinski definition) is 2. The molecule has 0 saturated carbocycles. The van der Waals surface area contributed by atoms with Gasteiger partial charge in [0, 0.05) is 5.56 Å². The highest BCUT2D eigenvalue weighted by Crippen LogP contribution is 2.36. The summed E-state index contributed by atoms with van der Waals surface area (Å²) in [4.78, 5) is 11.5. The van der Waals surface area contributed by atoms with Crippen molar-refractivity contribution in [2.24, 2.45) is 0 Å². The molecule has 0 spiro atoms. The van der Waals surface area contributed by atoms with Gasteiger partial charge in [0.25, 0.3) is 16.0 Å². The van der Waals surface area contributed by atoms with E-state index in [1.54, 1.807) is 0 Å². The monoisotopic (exact) mass is 447 g/mol. The van der Waals surface area contributed by atoms with Crippen LogP contribution in [0.15, 0.2) is 41.3 Å². The van der Waals surface area contributed by atoms with E-state index in [1.807, 2.05) is 5.32 Å². The van der Waals surface area contributed by atoms with Gasteiger partial charge in [-0.25, -0.2) is 0 Å². The van der Waals surface area contributed by atoms with Crippen molar-refractivity contribution >= 4 is 33.3 Å². The quantitative estimate of drug-likeness (QED) is 0.519. The fourth-order valence-electron chi connectivity index (χ4n) is 2.04. The van der Waals surface area contributed by atoms with Crippen LogP contribution in [0.4, 0.5) is 32.0 Å². The van der Waals surface area contributed by atoms with Crippen LogP contribution in [-0.2, 0) is 22.5 Å². The van der Waals surface area contributed by atoms with Gasteiger partial charge in [-0.1, -0.05) is 11.6 Å². The van der Waals surface area contributed by atoms with E-state index in [1.165, 1.54) is 0 Å². The summed E-state index contributed by atoms with van der Waals surface area (Å²) in [6, 6.07) is 2.76. The minimum atomic E-state index is -5.15. The van der Waals surface area contributed by atoms with E-state index < -0.39 is 55.7 Å². The number of hydrogen-bond acceptors (Lipinski definition) is 3. The Morgan fingerprint density at radius 1 is 0.929 bits per heavy atom. The Kier molecular flexibility index (Phi) is 5.70. The first-order chi connectivity index (χ1) is 12.6. The summed E-state index contributed by atoms with van der Waals surface area (Å²) in [6.07, 6.45) is -10.3. The average molecular weight is 448 g/mol. The summed E-state index contributed by atoms with van der Waals surface area (Å²) >= 11 is 5.73. The molecule has 2 aromatic carbocycles. The molecule has 0 radical (unpaired) electrons. The molecule has 5 nitrogen and oxygen atoms in total. The number of nitrogens with one attached hydrogen (secondary N) is 1. The van der Waals surface area contributed by atoms with Crippen molar-refractivity contribution in [3.8, 4) is 0 Å². The Morgan fingerprint density at radius 3 is 1.86 bits per heavy atom. The fourth-order valence-corrected chi connectivity index (χ4v) is 2.71. The molecule has 28 heavy (non-hydrogen) atoms. The van der Waals surface area contributed by atoms with Gasteiger partial charge in [-0.2, -0.15) is 34.8 Å². The summed E-state index contributed by atoms with van der Waals surface area (Å²) in [5, 5.41) is 1.64. The number of benzene rings is 2. The second-order valence-corrected chi connectivity index (χ2v) is 7.19. The van der Waals surface area contributed by atoms with Gasteiger partial charge in [-0.3, -0.25) is 9.35 Å². The minimum absolute atomic E-state index is 0.150. The molecular formula is C15H8ClF6NO4S. The van der Waals surface area contributed by atoms with Crippen LogP contribution in [0.1, 0.15) is 21.5 Å². The Balaban J connectivity index is 2.50. The molecule has 2 N–H and O–H groups in total. The topological polar surface area (TPSA) is 83.5 Å². The van der Waals surface area contributed by atoms with E-state index >= 15 is 0 Å². The second-order valence-electron chi connectivity index (χ2n) is 5.37. The van der Waals surface area contributed by atoms with Gasteiger partial charge >= 0.3 is 12.4 Å². The zero-order valence-corrected chi connectivity index (χ0v) is 14.8. The smallest absolute Gasteiger partial charge is 0.321 e. The molecule has 0 atom stereocenters. The van der Waals surface area contributed by atoms with Crippen LogP contribution in [0.5, 0.6) is 0 Å². The van der Waals surface area contributed by atoms with Crippen LogP contribution in [0.25, 0.3) is 0 Å². The van der Waals surface area contributed by atoms with Crippen molar-refractivity contribution in [2.45, 2.75) is 17.2 Å². The lowest BCUT2D eigenvalue weighted by molar-refractivity contribution is -0.143. The number of rotatable bonds is 3. The summed E-state index contributed by atoms with van der Waals surface area (Å²) in [7, 11) is -4.70. The predicted molar refractivity (Wildman–Crippen MR) is 85.7 cm³/mol. The van der Waals surface area contributed by atoms with Crippen molar-refractivity contribution in [3.05, 3.63) is 58.1 Å². The van der Waals surface area contributed by atoms with Gasteiger partial charge in [-0.15, -0.1) is 0 Å². The molecule has 0 bridgehead atoms. The Morgan fingerprint density at radius 2 is 1.43 bits per heavy atom. The zero-order chi connectivity index (χ0) is 21.5. The third-order valence-electron chi connectivity index (χ3n) is 3.33. The first-order valence-corrected chi connectivity index (χ1v) is 8.79. The van der Waals surface area contributed by atoms with Crippen LogP contribution in [-0.4, -0.2) is 18.9 Å². The van der Waals surface area contributed by atoms with Gasteiger partial charge in [0.15, 0.2) is 0 Å². The number of amides is 1. The maximum atomic E-state index is 12.9. The number of carbonyl (C=O) groups excluding carboxylic acids is 1. The molecule has 0 unspecified atom stereocenters. The number of halogens is 7. The molecule has 0 fully saturated rings. The van der Waals surface area contributed by atoms with Gasteiger partial charge in [0.1, 0.15) is 0 Å². The standard InChI is InChI=1S/C15H8ClF6NO4S/c16-11-2-1-10(28(25,26)27)6-12(11)23-13(24)7-3-8(14(17,18)19)5-9(4-7)15(20,21)22/h1-6H,(H,23,24)(H,25,26,27). The molecule has 0 heterocycles. The maximum Gasteiger partial charge on any atom is 0.416 e. The average Bonchev–Trinajstić information content (AvgIpc) is 2.53. The van der Waals surface area contributed by atoms with Crippen molar-refractivity contribution in [2.75, 3.05) is 5.32 Å². The normalized spacial score (nSPS) is 12.7. The highest BCUT2D eigenvalue weighted by atomic mass is 35.5. The molecule has 0 aromatic heterocycles. The van der Waals surface area contributed by atoms with Gasteiger partial charge in [0.2, 0.25) is 0 Å². The van der Waals surface area contributed by atoms with E-state index in [-0.39, 0.29) is 23.2 Å². The molecule has 2 rings (SSSR count). The van der Waals surface area contributed by atoms with Crippen molar-refractivity contribution in [1.82, 2.24) is 0 Å². The predicted octanol–water partition coefficient (Wildman–Crippen LogP) is 4.88. The third kappa shape index (κ3) is 5.14. The lowest BCUT2D eigenvalue weighted by atomic mass is 10.0. The molecule has 152 valence electrons. The van der Waals surface area contributed by atoms with Gasteiger partial charge in [0.05, 0.1) is 26.7 Å². The van der Waals surface area contributed by atoms with E-state index in [2.05, 4.69) is 0 Å². The Labute approximate surface area is 158 Å². The van der Waals surface area contributed by atoms with Crippen molar-refractivity contribution < 1.29 is 44.1 Å². The number of anilines is 1. The maximum absolute atomic E-state index is 12.9. The number of alkyl halides is 6. The molecule has 0 aliphatic heterocycles. The van der Waals surface area contributed by atoms with Crippen LogP contribution in [0.3, 0.4) is 0 Å². The highest BCUT2D eigenvalue weighted by molar-refractivity contribution is 7.85. The largest absolute Gasteiger partial charge is 0.416 e. The van der Waals surface area contributed by atoms with Gasteiger partial charge < -0.3 is 5.32 Å². The van der Waals surface area contributed by atoms with E-state index in [0.717, 1.165) is 12.1 Å². The summed E-state index contributed by atoms with van der Waals surface area (Å²) in [6.45, 7) is 0. The fraction of sp³-hybridized carbons (Fsp3) is 0.133. The first kappa shape index (κ1) is 22.0. The molecule has 0 saturated heterocycles. The van der Waals surface area contributed by atoms with Gasteiger partial charge in [-0.05, 0) is 36.4 Å². The van der Waals surface area contributed by atoms with Crippen LogP contribution in [0.2, 0.25) is 5.02 Å². The molecule has 0 aliphatic carbocycles. The van der Waals surface area contributed by atoms with Crippen molar-refractivity contribution in [3.63, 3.8) is 0 Å².